The fourth-order valence-corrected chi connectivity index (χ4v) is 1.83. The van der Waals surface area contributed by atoms with Crippen molar-refractivity contribution in [3.8, 4) is 5.75 Å². The molecule has 1 aromatic carbocycles. The molecule has 0 saturated heterocycles. The van der Waals surface area contributed by atoms with E-state index in [1.54, 1.807) is 0 Å². The Balaban J connectivity index is 1.91. The van der Waals surface area contributed by atoms with Gasteiger partial charge in [-0.2, -0.15) is 0 Å². The number of nitrogens with zero attached hydrogens (tertiary/aromatic N) is 1. The molecule has 102 valence electrons. The minimum absolute atomic E-state index is 0.543. The van der Waals surface area contributed by atoms with E-state index in [-0.39, 0.29) is 0 Å². The minimum Gasteiger partial charge on any atom is -0.493 e. The molecule has 0 aliphatic carbocycles. The van der Waals surface area contributed by atoms with Crippen LogP contribution in [0.1, 0.15) is 19.4 Å². The Morgan fingerprint density at radius 2 is 2.11 bits per heavy atom. The normalized spacial score (nSPS) is 10.7. The van der Waals surface area contributed by atoms with Crippen molar-refractivity contribution in [3.05, 3.63) is 48.3 Å². The highest BCUT2D eigenvalue weighted by Crippen LogP contribution is 2.18. The van der Waals surface area contributed by atoms with Gasteiger partial charge in [-0.25, -0.2) is 0 Å². The zero-order valence-electron chi connectivity index (χ0n) is 11.9. The van der Waals surface area contributed by atoms with Gasteiger partial charge in [-0.3, -0.25) is 0 Å². The lowest BCUT2D eigenvalue weighted by atomic mass is 10.2. The fraction of sp³-hybridized carbons (Fsp3) is 0.375. The van der Waals surface area contributed by atoms with Crippen LogP contribution in [0.2, 0.25) is 0 Å². The lowest BCUT2D eigenvalue weighted by molar-refractivity contribution is 0.271. The summed E-state index contributed by atoms with van der Waals surface area (Å²) >= 11 is 0. The van der Waals surface area contributed by atoms with Crippen molar-refractivity contribution in [2.24, 2.45) is 13.0 Å². The minimum atomic E-state index is 0.543. The molecule has 0 radical (unpaired) electrons. The van der Waals surface area contributed by atoms with Crippen molar-refractivity contribution in [2.75, 3.05) is 11.9 Å². The molecule has 3 nitrogen and oxygen atoms in total. The van der Waals surface area contributed by atoms with Gasteiger partial charge in [0.2, 0.25) is 0 Å². The SMILES string of the molecule is CC(C)COc1cccc(NCc2ccn(C)c2)c1. The van der Waals surface area contributed by atoms with Gasteiger partial charge in [-0.1, -0.05) is 19.9 Å². The number of hydrogen-bond donors (Lipinski definition) is 1. The molecule has 2 aromatic rings. The maximum Gasteiger partial charge on any atom is 0.121 e. The largest absolute Gasteiger partial charge is 0.493 e. The summed E-state index contributed by atoms with van der Waals surface area (Å²) in [5.41, 5.74) is 2.36. The number of aryl methyl sites for hydroxylation is 1. The highest BCUT2D eigenvalue weighted by molar-refractivity contribution is 5.48. The molecule has 0 fully saturated rings. The summed E-state index contributed by atoms with van der Waals surface area (Å²) in [6, 6.07) is 10.2. The molecule has 2 rings (SSSR count). The topological polar surface area (TPSA) is 26.2 Å². The Hall–Kier alpha value is -1.90. The van der Waals surface area contributed by atoms with E-state index in [2.05, 4.69) is 48.3 Å². The van der Waals surface area contributed by atoms with Crippen molar-refractivity contribution >= 4 is 5.69 Å². The van der Waals surface area contributed by atoms with Crippen LogP contribution in [0.4, 0.5) is 5.69 Å². The van der Waals surface area contributed by atoms with Crippen LogP contribution in [0.5, 0.6) is 5.75 Å². The predicted molar refractivity (Wildman–Crippen MR) is 79.5 cm³/mol. The van der Waals surface area contributed by atoms with Crippen LogP contribution in [-0.4, -0.2) is 11.2 Å². The lowest BCUT2D eigenvalue weighted by Crippen LogP contribution is -2.05. The summed E-state index contributed by atoms with van der Waals surface area (Å²) < 4.78 is 7.77. The van der Waals surface area contributed by atoms with E-state index in [1.807, 2.05) is 25.2 Å². The molecule has 0 spiro atoms. The van der Waals surface area contributed by atoms with Crippen molar-refractivity contribution < 1.29 is 4.74 Å². The number of benzene rings is 1. The molecule has 1 N–H and O–H groups in total. The quantitative estimate of drug-likeness (QED) is 0.855. The number of anilines is 1. The molecule has 0 aliphatic rings. The zero-order chi connectivity index (χ0) is 13.7. The van der Waals surface area contributed by atoms with Crippen LogP contribution < -0.4 is 10.1 Å². The van der Waals surface area contributed by atoms with E-state index in [4.69, 9.17) is 4.74 Å². The summed E-state index contributed by atoms with van der Waals surface area (Å²) in [6.45, 7) is 5.88. The average molecular weight is 258 g/mol. The first-order valence-electron chi connectivity index (χ1n) is 6.71. The molecule has 0 aliphatic heterocycles. The maximum atomic E-state index is 5.72. The van der Waals surface area contributed by atoms with Gasteiger partial charge in [-0.15, -0.1) is 0 Å². The van der Waals surface area contributed by atoms with Gasteiger partial charge in [-0.05, 0) is 29.7 Å². The fourth-order valence-electron chi connectivity index (χ4n) is 1.83. The van der Waals surface area contributed by atoms with Crippen LogP contribution in [0, 0.1) is 5.92 Å². The maximum absolute atomic E-state index is 5.72. The van der Waals surface area contributed by atoms with Gasteiger partial charge in [0.25, 0.3) is 0 Å². The van der Waals surface area contributed by atoms with Crippen molar-refractivity contribution in [3.63, 3.8) is 0 Å². The van der Waals surface area contributed by atoms with E-state index >= 15 is 0 Å². The van der Waals surface area contributed by atoms with Crippen molar-refractivity contribution in [1.82, 2.24) is 4.57 Å². The third kappa shape index (κ3) is 4.36. The van der Waals surface area contributed by atoms with E-state index in [1.165, 1.54) is 5.56 Å². The highest BCUT2D eigenvalue weighted by Gasteiger charge is 2.00. The van der Waals surface area contributed by atoms with Crippen LogP contribution in [-0.2, 0) is 13.6 Å². The van der Waals surface area contributed by atoms with Crippen LogP contribution in [0.25, 0.3) is 0 Å². The summed E-state index contributed by atoms with van der Waals surface area (Å²) in [5, 5.41) is 3.41. The summed E-state index contributed by atoms with van der Waals surface area (Å²) in [5.74, 6) is 1.47. The molecule has 3 heteroatoms. The third-order valence-corrected chi connectivity index (χ3v) is 2.81. The predicted octanol–water partition coefficient (Wildman–Crippen LogP) is 3.67. The average Bonchev–Trinajstić information content (AvgIpc) is 2.80. The van der Waals surface area contributed by atoms with Crippen molar-refractivity contribution in [2.45, 2.75) is 20.4 Å². The molecule has 0 saturated carbocycles. The first-order chi connectivity index (χ1) is 9.13. The van der Waals surface area contributed by atoms with Crippen LogP contribution in [0.3, 0.4) is 0 Å². The molecule has 0 amide bonds. The highest BCUT2D eigenvalue weighted by atomic mass is 16.5. The van der Waals surface area contributed by atoms with E-state index in [0.29, 0.717) is 5.92 Å². The molecule has 0 atom stereocenters. The molecule has 19 heavy (non-hydrogen) atoms. The van der Waals surface area contributed by atoms with Gasteiger partial charge in [0.15, 0.2) is 0 Å². The van der Waals surface area contributed by atoms with Gasteiger partial charge < -0.3 is 14.6 Å². The summed E-state index contributed by atoms with van der Waals surface area (Å²) in [7, 11) is 2.03. The van der Waals surface area contributed by atoms with Gasteiger partial charge >= 0.3 is 0 Å². The van der Waals surface area contributed by atoms with Gasteiger partial charge in [0.1, 0.15) is 5.75 Å². The first kappa shape index (κ1) is 13.5. The Bertz CT molecular complexity index is 517. The number of rotatable bonds is 6. The first-order valence-corrected chi connectivity index (χ1v) is 6.71. The van der Waals surface area contributed by atoms with E-state index < -0.39 is 0 Å². The molecule has 1 heterocycles. The third-order valence-electron chi connectivity index (χ3n) is 2.81. The number of hydrogen-bond acceptors (Lipinski definition) is 2. The Morgan fingerprint density at radius 3 is 2.79 bits per heavy atom. The second kappa shape index (κ2) is 6.32. The summed E-state index contributed by atoms with van der Waals surface area (Å²) in [4.78, 5) is 0. The Morgan fingerprint density at radius 1 is 1.26 bits per heavy atom. The smallest absolute Gasteiger partial charge is 0.121 e. The molecule has 0 bridgehead atoms. The Kier molecular flexibility index (Phi) is 4.50. The molecular weight excluding hydrogens is 236 g/mol. The second-order valence-electron chi connectivity index (χ2n) is 5.27. The standard InChI is InChI=1S/C16H22N2O/c1-13(2)12-19-16-6-4-5-15(9-16)17-10-14-7-8-18(3)11-14/h4-9,11,13,17H,10,12H2,1-3H3. The zero-order valence-corrected chi connectivity index (χ0v) is 11.9. The monoisotopic (exact) mass is 258 g/mol. The summed E-state index contributed by atoms with van der Waals surface area (Å²) in [6.07, 6.45) is 4.17. The van der Waals surface area contributed by atoms with Gasteiger partial charge in [0.05, 0.1) is 6.61 Å². The molecular formula is C16H22N2O. The number of nitrogens with one attached hydrogen (secondary N) is 1. The van der Waals surface area contributed by atoms with Gasteiger partial charge in [0, 0.05) is 37.7 Å². The van der Waals surface area contributed by atoms with E-state index in [9.17, 15) is 0 Å². The Labute approximate surface area is 115 Å². The number of ether oxygens (including phenoxy) is 1. The second-order valence-corrected chi connectivity index (χ2v) is 5.27. The van der Waals surface area contributed by atoms with Crippen LogP contribution in [0.15, 0.2) is 42.7 Å². The van der Waals surface area contributed by atoms with E-state index in [0.717, 1.165) is 24.6 Å². The molecule has 0 unspecified atom stereocenters. The molecule has 1 aromatic heterocycles. The number of aromatic nitrogens is 1. The van der Waals surface area contributed by atoms with Crippen LogP contribution >= 0.6 is 0 Å². The van der Waals surface area contributed by atoms with Crippen molar-refractivity contribution in [1.29, 1.82) is 0 Å². The lowest BCUT2D eigenvalue weighted by Gasteiger charge is -2.11.